The molecule has 0 radical (unpaired) electrons. The molecule has 1 N–H and O–H groups in total. The summed E-state index contributed by atoms with van der Waals surface area (Å²) in [6.45, 7) is 2.29. The predicted molar refractivity (Wildman–Crippen MR) is 82.9 cm³/mol. The summed E-state index contributed by atoms with van der Waals surface area (Å²) in [6, 6.07) is 8.33. The Bertz CT molecular complexity index is 654. The molecule has 0 aliphatic heterocycles. The van der Waals surface area contributed by atoms with Crippen molar-refractivity contribution in [1.82, 2.24) is 14.5 Å². The van der Waals surface area contributed by atoms with Crippen molar-refractivity contribution in [3.63, 3.8) is 0 Å². The lowest BCUT2D eigenvalue weighted by Crippen LogP contribution is -2.35. The van der Waals surface area contributed by atoms with Crippen LogP contribution in [0.4, 0.5) is 0 Å². The highest BCUT2D eigenvalue weighted by Crippen LogP contribution is 2.12. The van der Waals surface area contributed by atoms with Gasteiger partial charge in [0.05, 0.1) is 11.4 Å². The quantitative estimate of drug-likeness (QED) is 0.791. The summed E-state index contributed by atoms with van der Waals surface area (Å²) in [4.78, 5) is 0.258. The molecule has 0 bridgehead atoms. The number of halogens is 1. The monoisotopic (exact) mass is 327 g/mol. The van der Waals surface area contributed by atoms with Crippen LogP contribution in [0.3, 0.4) is 0 Å². The minimum absolute atomic E-state index is 0.252. The van der Waals surface area contributed by atoms with Crippen molar-refractivity contribution in [3.8, 4) is 0 Å². The molecular formula is C14H18ClN3O2S. The normalized spacial score (nSPS) is 13.2. The second-order valence-electron chi connectivity index (χ2n) is 4.83. The van der Waals surface area contributed by atoms with Gasteiger partial charge in [0.15, 0.2) is 0 Å². The van der Waals surface area contributed by atoms with Crippen LogP contribution in [-0.2, 0) is 23.0 Å². The van der Waals surface area contributed by atoms with Crippen LogP contribution in [0.15, 0.2) is 47.6 Å². The van der Waals surface area contributed by atoms with Gasteiger partial charge in [0.2, 0.25) is 10.0 Å². The Kier molecular flexibility index (Phi) is 5.39. The number of sulfonamides is 1. The Morgan fingerprint density at radius 2 is 2.05 bits per heavy atom. The van der Waals surface area contributed by atoms with Crippen molar-refractivity contribution in [2.75, 3.05) is 5.88 Å². The smallest absolute Gasteiger partial charge is 0.240 e. The molecule has 1 unspecified atom stereocenters. The number of alkyl halides is 1. The molecule has 2 rings (SSSR count). The maximum absolute atomic E-state index is 12.3. The topological polar surface area (TPSA) is 64.0 Å². The third-order valence-corrected chi connectivity index (χ3v) is 4.79. The van der Waals surface area contributed by atoms with Gasteiger partial charge in [-0.1, -0.05) is 12.1 Å². The molecule has 1 aromatic heterocycles. The third-order valence-electron chi connectivity index (χ3n) is 2.99. The average molecular weight is 328 g/mol. The van der Waals surface area contributed by atoms with Crippen LogP contribution in [0.5, 0.6) is 0 Å². The molecule has 2 aromatic rings. The van der Waals surface area contributed by atoms with E-state index in [0.717, 1.165) is 12.0 Å². The number of hydrogen-bond acceptors (Lipinski definition) is 3. The Morgan fingerprint density at radius 1 is 1.33 bits per heavy atom. The second kappa shape index (κ2) is 7.06. The standard InChI is InChI=1S/C14H18ClN3O2S/c1-12(11-18-10-2-9-16-18)17-21(19,20)14-5-3-13(4-6-14)7-8-15/h2-6,9-10,12,17H,7-8,11H2,1H3. The van der Waals surface area contributed by atoms with Crippen LogP contribution in [0.1, 0.15) is 12.5 Å². The van der Waals surface area contributed by atoms with E-state index in [4.69, 9.17) is 11.6 Å². The van der Waals surface area contributed by atoms with Gasteiger partial charge in [-0.25, -0.2) is 13.1 Å². The molecule has 1 atom stereocenters. The van der Waals surface area contributed by atoms with Crippen molar-refractivity contribution in [2.45, 2.75) is 30.8 Å². The van der Waals surface area contributed by atoms with Crippen molar-refractivity contribution in [3.05, 3.63) is 48.3 Å². The highest BCUT2D eigenvalue weighted by molar-refractivity contribution is 7.89. The van der Waals surface area contributed by atoms with E-state index in [1.807, 2.05) is 0 Å². The molecule has 5 nitrogen and oxygen atoms in total. The molecule has 0 amide bonds. The highest BCUT2D eigenvalue weighted by Gasteiger charge is 2.17. The fourth-order valence-electron chi connectivity index (χ4n) is 2.00. The highest BCUT2D eigenvalue weighted by atomic mass is 35.5. The summed E-state index contributed by atoms with van der Waals surface area (Å²) in [5.74, 6) is 0.519. The van der Waals surface area contributed by atoms with Crippen molar-refractivity contribution < 1.29 is 8.42 Å². The number of aryl methyl sites for hydroxylation is 1. The zero-order chi connectivity index (χ0) is 15.3. The van der Waals surface area contributed by atoms with Crippen LogP contribution in [0.25, 0.3) is 0 Å². The Balaban J connectivity index is 2.03. The van der Waals surface area contributed by atoms with Crippen LogP contribution in [-0.4, -0.2) is 30.1 Å². The van der Waals surface area contributed by atoms with E-state index in [0.29, 0.717) is 12.4 Å². The summed E-state index contributed by atoms with van der Waals surface area (Å²) >= 11 is 5.66. The fraction of sp³-hybridized carbons (Fsp3) is 0.357. The first kappa shape index (κ1) is 16.0. The molecule has 114 valence electrons. The van der Waals surface area contributed by atoms with Gasteiger partial charge < -0.3 is 0 Å². The molecular weight excluding hydrogens is 310 g/mol. The summed E-state index contributed by atoms with van der Waals surface area (Å²) in [7, 11) is -3.52. The zero-order valence-electron chi connectivity index (χ0n) is 11.7. The van der Waals surface area contributed by atoms with E-state index < -0.39 is 10.0 Å². The largest absolute Gasteiger partial charge is 0.271 e. The van der Waals surface area contributed by atoms with Gasteiger partial charge in [-0.15, -0.1) is 11.6 Å². The maximum Gasteiger partial charge on any atom is 0.240 e. The van der Waals surface area contributed by atoms with Crippen LogP contribution >= 0.6 is 11.6 Å². The number of aromatic nitrogens is 2. The Morgan fingerprint density at radius 3 is 2.62 bits per heavy atom. The molecule has 1 heterocycles. The Hall–Kier alpha value is -1.37. The van der Waals surface area contributed by atoms with Crippen LogP contribution < -0.4 is 4.72 Å². The minimum Gasteiger partial charge on any atom is -0.271 e. The Labute approximate surface area is 130 Å². The maximum atomic E-state index is 12.3. The van der Waals surface area contributed by atoms with Gasteiger partial charge in [0, 0.05) is 24.3 Å². The lowest BCUT2D eigenvalue weighted by molar-refractivity contribution is 0.494. The number of rotatable bonds is 7. The summed E-state index contributed by atoms with van der Waals surface area (Å²) < 4.78 is 28.9. The first-order chi connectivity index (χ1) is 10.0. The summed E-state index contributed by atoms with van der Waals surface area (Å²) in [5, 5.41) is 4.06. The summed E-state index contributed by atoms with van der Waals surface area (Å²) in [5.41, 5.74) is 1.02. The van der Waals surface area contributed by atoms with Crippen LogP contribution in [0, 0.1) is 0 Å². The molecule has 7 heteroatoms. The van der Waals surface area contributed by atoms with Crippen LogP contribution in [0.2, 0.25) is 0 Å². The lowest BCUT2D eigenvalue weighted by Gasteiger charge is -2.14. The van der Waals surface area contributed by atoms with E-state index in [-0.39, 0.29) is 10.9 Å². The fourth-order valence-corrected chi connectivity index (χ4v) is 3.46. The van der Waals surface area contributed by atoms with Gasteiger partial charge in [-0.05, 0) is 37.1 Å². The van der Waals surface area contributed by atoms with E-state index in [1.54, 1.807) is 54.3 Å². The minimum atomic E-state index is -3.52. The predicted octanol–water partition coefficient (Wildman–Crippen LogP) is 2.03. The lowest BCUT2D eigenvalue weighted by atomic mass is 10.2. The third kappa shape index (κ3) is 4.56. The molecule has 0 saturated carbocycles. The summed E-state index contributed by atoms with van der Waals surface area (Å²) in [6.07, 6.45) is 4.19. The first-order valence-electron chi connectivity index (χ1n) is 6.66. The van der Waals surface area contributed by atoms with Crippen molar-refractivity contribution in [2.24, 2.45) is 0 Å². The molecule has 0 aliphatic carbocycles. The molecule has 1 aromatic carbocycles. The number of nitrogens with one attached hydrogen (secondary N) is 1. The molecule has 0 spiro atoms. The van der Waals surface area contributed by atoms with E-state index in [2.05, 4.69) is 9.82 Å². The molecule has 21 heavy (non-hydrogen) atoms. The second-order valence-corrected chi connectivity index (χ2v) is 6.93. The van der Waals surface area contributed by atoms with Gasteiger partial charge in [-0.3, -0.25) is 4.68 Å². The van der Waals surface area contributed by atoms with E-state index >= 15 is 0 Å². The van der Waals surface area contributed by atoms with Gasteiger partial charge in [-0.2, -0.15) is 5.10 Å². The molecule has 0 fully saturated rings. The molecule has 0 saturated heterocycles. The number of hydrogen-bond donors (Lipinski definition) is 1. The first-order valence-corrected chi connectivity index (χ1v) is 8.68. The van der Waals surface area contributed by atoms with Gasteiger partial charge >= 0.3 is 0 Å². The zero-order valence-corrected chi connectivity index (χ0v) is 13.3. The van der Waals surface area contributed by atoms with E-state index in [9.17, 15) is 8.42 Å². The van der Waals surface area contributed by atoms with Gasteiger partial charge in [0.1, 0.15) is 0 Å². The van der Waals surface area contributed by atoms with E-state index in [1.165, 1.54) is 0 Å². The molecule has 0 aliphatic rings. The average Bonchev–Trinajstić information content (AvgIpc) is 2.92. The number of benzene rings is 1. The van der Waals surface area contributed by atoms with Gasteiger partial charge in [0.25, 0.3) is 0 Å². The number of nitrogens with zero attached hydrogens (tertiary/aromatic N) is 2. The van der Waals surface area contributed by atoms with Crippen molar-refractivity contribution in [1.29, 1.82) is 0 Å². The SMILES string of the molecule is CC(Cn1cccn1)NS(=O)(=O)c1ccc(CCCl)cc1. The van der Waals surface area contributed by atoms with Crippen molar-refractivity contribution >= 4 is 21.6 Å².